The maximum Gasteiger partial charge on any atom is 0.333 e. The summed E-state index contributed by atoms with van der Waals surface area (Å²) in [6, 6.07) is 3.66. The minimum Gasteiger partial charge on any atom is -0.339 e. The first-order valence-electron chi connectivity index (χ1n) is 4.35. The molecule has 1 aromatic rings. The third-order valence-electron chi connectivity index (χ3n) is 1.73. The fourth-order valence-corrected chi connectivity index (χ4v) is 2.84. The maximum atomic E-state index is 13.0. The fraction of sp³-hybridized carbons (Fsp3) is 0.222. The number of thioether (sulfide) groups is 1. The Morgan fingerprint density at radius 1 is 1.41 bits per heavy atom. The van der Waals surface area contributed by atoms with E-state index in [0.29, 0.717) is 11.8 Å². The first kappa shape index (κ1) is 14.3. The molecule has 0 unspecified atom stereocenters. The van der Waals surface area contributed by atoms with E-state index in [4.69, 9.17) is 11.6 Å². The van der Waals surface area contributed by atoms with E-state index >= 15 is 0 Å². The molecule has 0 radical (unpaired) electrons. The topological polar surface area (TPSA) is 54.5 Å². The van der Waals surface area contributed by atoms with Gasteiger partial charge < -0.3 is 4.90 Å². The second-order valence-corrected chi connectivity index (χ2v) is 6.04. The lowest BCUT2D eigenvalue weighted by Gasteiger charge is -2.10. The van der Waals surface area contributed by atoms with Crippen molar-refractivity contribution in [2.75, 3.05) is 14.1 Å². The molecule has 0 N–H and O–H groups in total. The van der Waals surface area contributed by atoms with Crippen LogP contribution in [0.1, 0.15) is 0 Å². The SMILES string of the molecule is CN(C)C(=O)Sc1ccc(Cl)cc1S(=O)(=O)F. The van der Waals surface area contributed by atoms with Crippen LogP contribution in [0.4, 0.5) is 8.68 Å². The van der Waals surface area contributed by atoms with Gasteiger partial charge in [0.15, 0.2) is 0 Å². The average molecular weight is 298 g/mol. The number of carbonyl (C=O) groups is 1. The van der Waals surface area contributed by atoms with E-state index in [1.54, 1.807) is 0 Å². The molecule has 1 aromatic carbocycles. The molecular formula is C9H9ClFNO3S2. The normalized spacial score (nSPS) is 11.3. The van der Waals surface area contributed by atoms with Crippen LogP contribution in [0.5, 0.6) is 0 Å². The number of halogens is 2. The Bertz CT molecular complexity index is 545. The highest BCUT2D eigenvalue weighted by Gasteiger charge is 2.20. The van der Waals surface area contributed by atoms with Crippen molar-refractivity contribution in [2.45, 2.75) is 9.79 Å². The average Bonchev–Trinajstić information content (AvgIpc) is 2.18. The Kier molecular flexibility index (Phi) is 4.40. The van der Waals surface area contributed by atoms with Crippen LogP contribution in [0.3, 0.4) is 0 Å². The smallest absolute Gasteiger partial charge is 0.333 e. The van der Waals surface area contributed by atoms with Crippen LogP contribution in [0.25, 0.3) is 0 Å². The lowest BCUT2D eigenvalue weighted by Crippen LogP contribution is -2.16. The molecule has 17 heavy (non-hydrogen) atoms. The molecule has 0 atom stereocenters. The predicted molar refractivity (Wildman–Crippen MR) is 64.7 cm³/mol. The van der Waals surface area contributed by atoms with E-state index in [1.807, 2.05) is 0 Å². The third-order valence-corrected chi connectivity index (χ3v) is 4.07. The number of carbonyl (C=O) groups excluding carboxylic acids is 1. The quantitative estimate of drug-likeness (QED) is 0.622. The summed E-state index contributed by atoms with van der Waals surface area (Å²) < 4.78 is 34.8. The summed E-state index contributed by atoms with van der Waals surface area (Å²) in [6.45, 7) is 0. The van der Waals surface area contributed by atoms with Crippen LogP contribution in [0.2, 0.25) is 5.02 Å². The van der Waals surface area contributed by atoms with E-state index < -0.39 is 20.4 Å². The minimum atomic E-state index is -4.90. The number of hydrogen-bond acceptors (Lipinski definition) is 4. The molecule has 0 fully saturated rings. The largest absolute Gasteiger partial charge is 0.339 e. The van der Waals surface area contributed by atoms with Gasteiger partial charge >= 0.3 is 10.2 Å². The maximum absolute atomic E-state index is 13.0. The summed E-state index contributed by atoms with van der Waals surface area (Å²) in [5.74, 6) is 0. The molecule has 0 saturated carbocycles. The van der Waals surface area contributed by atoms with Gasteiger partial charge in [-0.15, -0.1) is 3.89 Å². The summed E-state index contributed by atoms with van der Waals surface area (Å²) >= 11 is 6.21. The summed E-state index contributed by atoms with van der Waals surface area (Å²) in [7, 11) is -1.89. The molecule has 0 aliphatic heterocycles. The highest BCUT2D eigenvalue weighted by atomic mass is 35.5. The van der Waals surface area contributed by atoms with Gasteiger partial charge in [0.2, 0.25) is 0 Å². The zero-order valence-electron chi connectivity index (χ0n) is 8.98. The molecule has 4 nitrogen and oxygen atoms in total. The molecular weight excluding hydrogens is 289 g/mol. The van der Waals surface area contributed by atoms with Crippen LogP contribution in [0.15, 0.2) is 28.0 Å². The van der Waals surface area contributed by atoms with Gasteiger partial charge in [0.05, 0.1) is 0 Å². The monoisotopic (exact) mass is 297 g/mol. The van der Waals surface area contributed by atoms with Gasteiger partial charge in [0.1, 0.15) is 4.90 Å². The van der Waals surface area contributed by atoms with Crippen molar-refractivity contribution < 1.29 is 17.1 Å². The van der Waals surface area contributed by atoms with Crippen molar-refractivity contribution in [2.24, 2.45) is 0 Å². The number of amides is 1. The summed E-state index contributed by atoms with van der Waals surface area (Å²) in [4.78, 5) is 12.1. The van der Waals surface area contributed by atoms with Crippen molar-refractivity contribution in [3.8, 4) is 0 Å². The molecule has 0 aromatic heterocycles. The summed E-state index contributed by atoms with van der Waals surface area (Å²) in [6.07, 6.45) is 0. The van der Waals surface area contributed by atoms with Gasteiger partial charge in [-0.1, -0.05) is 11.6 Å². The molecule has 0 heterocycles. The highest BCUT2D eigenvalue weighted by molar-refractivity contribution is 8.13. The second kappa shape index (κ2) is 5.24. The van der Waals surface area contributed by atoms with E-state index in [1.165, 1.54) is 31.1 Å². The first-order chi connectivity index (χ1) is 7.71. The van der Waals surface area contributed by atoms with Gasteiger partial charge in [-0.25, -0.2) is 0 Å². The van der Waals surface area contributed by atoms with Crippen molar-refractivity contribution in [3.63, 3.8) is 0 Å². The fourth-order valence-electron chi connectivity index (χ4n) is 0.942. The minimum absolute atomic E-state index is 0.00981. The van der Waals surface area contributed by atoms with Crippen LogP contribution < -0.4 is 0 Å². The van der Waals surface area contributed by atoms with Gasteiger partial charge in [-0.3, -0.25) is 4.79 Å². The molecule has 0 aliphatic rings. The van der Waals surface area contributed by atoms with Crippen molar-refractivity contribution in [3.05, 3.63) is 23.2 Å². The van der Waals surface area contributed by atoms with Gasteiger partial charge in [0, 0.05) is 24.0 Å². The third kappa shape index (κ3) is 3.86. The van der Waals surface area contributed by atoms with Gasteiger partial charge in [-0.2, -0.15) is 8.42 Å². The van der Waals surface area contributed by atoms with E-state index in [9.17, 15) is 17.1 Å². The standard InChI is InChI=1S/C9H9ClFNO3S2/c1-12(2)9(13)16-7-4-3-6(10)5-8(7)17(11,14)15/h3-5H,1-2H3. The molecule has 0 saturated heterocycles. The summed E-state index contributed by atoms with van der Waals surface area (Å²) in [5, 5.41) is -0.319. The number of hydrogen-bond donors (Lipinski definition) is 0. The number of nitrogens with zero attached hydrogens (tertiary/aromatic N) is 1. The van der Waals surface area contributed by atoms with E-state index in [0.717, 1.165) is 6.07 Å². The van der Waals surface area contributed by atoms with Crippen LogP contribution in [-0.4, -0.2) is 32.7 Å². The van der Waals surface area contributed by atoms with E-state index in [2.05, 4.69) is 0 Å². The molecule has 0 aliphatic carbocycles. The van der Waals surface area contributed by atoms with Crippen LogP contribution in [0, 0.1) is 0 Å². The zero-order valence-corrected chi connectivity index (χ0v) is 11.4. The van der Waals surface area contributed by atoms with Crippen LogP contribution in [-0.2, 0) is 10.2 Å². The molecule has 8 heteroatoms. The van der Waals surface area contributed by atoms with Crippen molar-refractivity contribution >= 4 is 38.8 Å². The van der Waals surface area contributed by atoms with Gasteiger partial charge in [-0.05, 0) is 30.0 Å². The Hall–Kier alpha value is -0.790. The zero-order chi connectivity index (χ0) is 13.2. The van der Waals surface area contributed by atoms with Crippen molar-refractivity contribution in [1.82, 2.24) is 4.90 Å². The second-order valence-electron chi connectivity index (χ2n) is 3.29. The van der Waals surface area contributed by atoms with E-state index in [-0.39, 0.29) is 9.92 Å². The number of benzene rings is 1. The number of rotatable bonds is 2. The Morgan fingerprint density at radius 3 is 2.47 bits per heavy atom. The molecule has 1 rings (SSSR count). The highest BCUT2D eigenvalue weighted by Crippen LogP contribution is 2.31. The molecule has 1 amide bonds. The summed E-state index contributed by atoms with van der Waals surface area (Å²) in [5.41, 5.74) is 0. The van der Waals surface area contributed by atoms with Gasteiger partial charge in [0.25, 0.3) is 5.24 Å². The first-order valence-corrected chi connectivity index (χ1v) is 6.93. The molecule has 0 spiro atoms. The Labute approximate surface area is 108 Å². The Morgan fingerprint density at radius 2 is 2.00 bits per heavy atom. The lowest BCUT2D eigenvalue weighted by atomic mass is 10.4. The predicted octanol–water partition coefficient (Wildman–Crippen LogP) is 2.77. The molecule has 0 bridgehead atoms. The van der Waals surface area contributed by atoms with Crippen molar-refractivity contribution in [1.29, 1.82) is 0 Å². The van der Waals surface area contributed by atoms with Crippen LogP contribution >= 0.6 is 23.4 Å². The Balaban J connectivity index is 3.21. The molecule has 94 valence electrons. The lowest BCUT2D eigenvalue weighted by molar-refractivity contribution is 0.241.